The molecule has 0 aromatic heterocycles. The molecular weight excluding hydrogens is 391 g/mol. The zero-order chi connectivity index (χ0) is 20.9. The van der Waals surface area contributed by atoms with Crippen molar-refractivity contribution in [2.24, 2.45) is 0 Å². The van der Waals surface area contributed by atoms with Crippen molar-refractivity contribution in [3.63, 3.8) is 0 Å². The monoisotopic (exact) mass is 418 g/mol. The number of benzene rings is 2. The van der Waals surface area contributed by atoms with Crippen molar-refractivity contribution in [2.45, 2.75) is 49.5 Å². The molecule has 1 amide bonds. The number of nitrogens with zero attached hydrogens (tertiary/aromatic N) is 1. The molecule has 7 heteroatoms. The summed E-state index contributed by atoms with van der Waals surface area (Å²) >= 11 is 0. The second-order valence-corrected chi connectivity index (χ2v) is 9.47. The van der Waals surface area contributed by atoms with Crippen LogP contribution in [0.1, 0.15) is 48.0 Å². The Morgan fingerprint density at radius 3 is 2.45 bits per heavy atom. The number of carbonyl (C=O) groups is 1. The van der Waals surface area contributed by atoms with E-state index in [1.807, 2.05) is 0 Å². The van der Waals surface area contributed by atoms with E-state index in [4.69, 9.17) is 0 Å². The van der Waals surface area contributed by atoms with Crippen molar-refractivity contribution in [2.75, 3.05) is 13.6 Å². The Kier molecular flexibility index (Phi) is 7.03. The number of nitrogens with one attached hydrogen (secondary N) is 1. The van der Waals surface area contributed by atoms with Gasteiger partial charge in [-0.15, -0.1) is 0 Å². The van der Waals surface area contributed by atoms with E-state index in [-0.39, 0.29) is 22.7 Å². The van der Waals surface area contributed by atoms with E-state index in [1.54, 1.807) is 19.2 Å². The van der Waals surface area contributed by atoms with Crippen LogP contribution >= 0.6 is 0 Å². The van der Waals surface area contributed by atoms with Crippen molar-refractivity contribution in [1.82, 2.24) is 9.62 Å². The van der Waals surface area contributed by atoms with Crippen LogP contribution in [0, 0.1) is 5.82 Å². The van der Waals surface area contributed by atoms with Gasteiger partial charge in [0, 0.05) is 25.2 Å². The summed E-state index contributed by atoms with van der Waals surface area (Å²) in [6.07, 6.45) is 5.57. The molecule has 2 aromatic carbocycles. The van der Waals surface area contributed by atoms with Gasteiger partial charge in [-0.25, -0.2) is 12.8 Å². The van der Waals surface area contributed by atoms with Gasteiger partial charge in [0.15, 0.2) is 0 Å². The molecule has 0 saturated heterocycles. The highest BCUT2D eigenvalue weighted by atomic mass is 32.2. The maximum Gasteiger partial charge on any atom is 0.251 e. The Hall–Kier alpha value is -2.25. The van der Waals surface area contributed by atoms with E-state index in [0.717, 1.165) is 37.7 Å². The zero-order valence-corrected chi connectivity index (χ0v) is 17.4. The van der Waals surface area contributed by atoms with Crippen LogP contribution in [-0.4, -0.2) is 38.3 Å². The molecule has 1 N–H and O–H groups in total. The van der Waals surface area contributed by atoms with E-state index < -0.39 is 10.0 Å². The van der Waals surface area contributed by atoms with E-state index in [1.165, 1.54) is 40.7 Å². The molecule has 0 spiro atoms. The molecule has 1 aliphatic rings. The Morgan fingerprint density at radius 2 is 1.79 bits per heavy atom. The number of rotatable bonds is 7. The fourth-order valence-corrected chi connectivity index (χ4v) is 5.12. The fraction of sp³-hybridized carbons (Fsp3) is 0.409. The lowest BCUT2D eigenvalue weighted by Gasteiger charge is -2.30. The van der Waals surface area contributed by atoms with Crippen LogP contribution in [0.4, 0.5) is 4.39 Å². The molecule has 3 rings (SSSR count). The van der Waals surface area contributed by atoms with E-state index in [9.17, 15) is 17.6 Å². The normalized spacial score (nSPS) is 15.4. The first-order chi connectivity index (χ1) is 13.9. The molecule has 1 fully saturated rings. The summed E-state index contributed by atoms with van der Waals surface area (Å²) in [5.74, 6) is -0.588. The highest BCUT2D eigenvalue weighted by Crippen LogP contribution is 2.26. The third-order valence-corrected chi connectivity index (χ3v) is 7.39. The molecule has 0 bridgehead atoms. The maximum absolute atomic E-state index is 13.2. The molecule has 0 radical (unpaired) electrons. The average Bonchev–Trinajstić information content (AvgIpc) is 2.74. The molecule has 0 atom stereocenters. The molecule has 156 valence electrons. The van der Waals surface area contributed by atoms with Crippen LogP contribution in [0.15, 0.2) is 53.4 Å². The summed E-state index contributed by atoms with van der Waals surface area (Å²) in [4.78, 5) is 12.5. The van der Waals surface area contributed by atoms with Gasteiger partial charge in [-0.3, -0.25) is 4.79 Å². The van der Waals surface area contributed by atoms with Crippen LogP contribution in [0.25, 0.3) is 0 Å². The Bertz CT molecular complexity index is 939. The minimum Gasteiger partial charge on any atom is -0.352 e. The molecule has 5 nitrogen and oxygen atoms in total. The van der Waals surface area contributed by atoms with Gasteiger partial charge in [0.2, 0.25) is 10.0 Å². The van der Waals surface area contributed by atoms with E-state index in [2.05, 4.69) is 5.32 Å². The second-order valence-electron chi connectivity index (χ2n) is 7.47. The number of amides is 1. The average molecular weight is 419 g/mol. The Balaban J connectivity index is 1.59. The smallest absolute Gasteiger partial charge is 0.251 e. The lowest BCUT2D eigenvalue weighted by Crippen LogP contribution is -2.38. The van der Waals surface area contributed by atoms with Crippen molar-refractivity contribution >= 4 is 15.9 Å². The topological polar surface area (TPSA) is 66.5 Å². The summed E-state index contributed by atoms with van der Waals surface area (Å²) in [7, 11) is -1.93. The molecule has 0 aliphatic heterocycles. The lowest BCUT2D eigenvalue weighted by atomic mass is 9.96. The molecule has 0 heterocycles. The molecule has 1 saturated carbocycles. The van der Waals surface area contributed by atoms with Crippen LogP contribution < -0.4 is 5.32 Å². The highest BCUT2D eigenvalue weighted by molar-refractivity contribution is 7.89. The van der Waals surface area contributed by atoms with Gasteiger partial charge >= 0.3 is 0 Å². The molecule has 1 aliphatic carbocycles. The highest BCUT2D eigenvalue weighted by Gasteiger charge is 2.29. The number of carbonyl (C=O) groups excluding carboxylic acids is 1. The fourth-order valence-electron chi connectivity index (χ4n) is 3.70. The van der Waals surface area contributed by atoms with Crippen LogP contribution in [0.2, 0.25) is 0 Å². The van der Waals surface area contributed by atoms with Gasteiger partial charge in [-0.2, -0.15) is 4.31 Å². The van der Waals surface area contributed by atoms with Gasteiger partial charge in [0.05, 0.1) is 4.90 Å². The number of halogens is 1. The van der Waals surface area contributed by atoms with E-state index >= 15 is 0 Å². The van der Waals surface area contributed by atoms with Gasteiger partial charge in [0.25, 0.3) is 5.91 Å². The standard InChI is InChI=1S/C22H27FN2O3S/c1-25(20-8-3-2-4-9-20)29(27,28)21-12-10-18(11-13-21)22(26)24-15-14-17-6-5-7-19(23)16-17/h5-7,10-13,16,20H,2-4,8-9,14-15H2,1H3,(H,24,26). The van der Waals surface area contributed by atoms with Gasteiger partial charge in [0.1, 0.15) is 5.82 Å². The van der Waals surface area contributed by atoms with Crippen LogP contribution in [-0.2, 0) is 16.4 Å². The van der Waals surface area contributed by atoms with Crippen LogP contribution in [0.5, 0.6) is 0 Å². The second kappa shape index (κ2) is 9.50. The predicted octanol–water partition coefficient (Wildman–Crippen LogP) is 3.75. The third-order valence-electron chi connectivity index (χ3n) is 5.47. The SMILES string of the molecule is CN(C1CCCCC1)S(=O)(=O)c1ccc(C(=O)NCCc2cccc(F)c2)cc1. The Morgan fingerprint density at radius 1 is 1.10 bits per heavy atom. The minimum atomic E-state index is -3.57. The summed E-state index contributed by atoms with van der Waals surface area (Å²) in [6, 6.07) is 12.3. The van der Waals surface area contributed by atoms with Gasteiger partial charge in [-0.1, -0.05) is 31.4 Å². The van der Waals surface area contributed by atoms with E-state index in [0.29, 0.717) is 18.5 Å². The van der Waals surface area contributed by atoms with Crippen molar-refractivity contribution in [3.05, 3.63) is 65.5 Å². The zero-order valence-electron chi connectivity index (χ0n) is 16.6. The van der Waals surface area contributed by atoms with Crippen LogP contribution in [0.3, 0.4) is 0 Å². The summed E-state index contributed by atoms with van der Waals surface area (Å²) < 4.78 is 40.4. The third kappa shape index (κ3) is 5.42. The number of hydrogen-bond acceptors (Lipinski definition) is 3. The molecule has 2 aromatic rings. The summed E-state index contributed by atoms with van der Waals surface area (Å²) in [5, 5.41) is 2.78. The molecule has 29 heavy (non-hydrogen) atoms. The molecular formula is C22H27FN2O3S. The quantitative estimate of drug-likeness (QED) is 0.745. The van der Waals surface area contributed by atoms with Crippen molar-refractivity contribution < 1.29 is 17.6 Å². The first kappa shape index (κ1) is 21.5. The number of hydrogen-bond donors (Lipinski definition) is 1. The lowest BCUT2D eigenvalue weighted by molar-refractivity contribution is 0.0954. The summed E-state index contributed by atoms with van der Waals surface area (Å²) in [5.41, 5.74) is 1.20. The van der Waals surface area contributed by atoms with Crippen molar-refractivity contribution in [3.8, 4) is 0 Å². The number of sulfonamides is 1. The predicted molar refractivity (Wildman–Crippen MR) is 111 cm³/mol. The maximum atomic E-state index is 13.2. The first-order valence-corrected chi connectivity index (χ1v) is 11.4. The van der Waals surface area contributed by atoms with Gasteiger partial charge in [-0.05, 0) is 61.2 Å². The van der Waals surface area contributed by atoms with Gasteiger partial charge < -0.3 is 5.32 Å². The molecule has 0 unspecified atom stereocenters. The Labute approximate surface area is 172 Å². The summed E-state index contributed by atoms with van der Waals surface area (Å²) in [6.45, 7) is 0.368. The first-order valence-electron chi connectivity index (χ1n) is 9.98. The largest absolute Gasteiger partial charge is 0.352 e. The van der Waals surface area contributed by atoms with Crippen molar-refractivity contribution in [1.29, 1.82) is 0 Å². The minimum absolute atomic E-state index is 0.0412.